The first-order chi connectivity index (χ1) is 4.99. The topological polar surface area (TPSA) is 29.5 Å². The first-order valence-corrected chi connectivity index (χ1v) is 3.97. The second-order valence-electron chi connectivity index (χ2n) is 2.69. The molecule has 0 rings (SSSR count). The molecule has 0 fully saturated rings. The Hall–Kier alpha value is 0.0499. The Morgan fingerprint density at radius 2 is 2.00 bits per heavy atom. The Labute approximate surface area is 71.1 Å². The van der Waals surface area contributed by atoms with Crippen molar-refractivity contribution in [1.82, 2.24) is 0 Å². The van der Waals surface area contributed by atoms with Crippen LogP contribution in [0.3, 0.4) is 0 Å². The third kappa shape index (κ3) is 6.45. The standard InChI is InChI=1S/C7H14B2O2/c1-3-5-6(4-2)11-7(8,9)10/h6,10H,3-5H2,1-2H3. The van der Waals surface area contributed by atoms with Crippen molar-refractivity contribution in [1.29, 1.82) is 0 Å². The van der Waals surface area contributed by atoms with Crippen LogP contribution in [0, 0.1) is 0 Å². The van der Waals surface area contributed by atoms with E-state index in [0.717, 1.165) is 19.3 Å². The van der Waals surface area contributed by atoms with Gasteiger partial charge in [0.05, 0.1) is 11.7 Å². The van der Waals surface area contributed by atoms with Crippen LogP contribution in [0.5, 0.6) is 0 Å². The molecule has 0 saturated carbocycles. The van der Waals surface area contributed by atoms with E-state index in [-0.39, 0.29) is 6.10 Å². The highest BCUT2D eigenvalue weighted by molar-refractivity contribution is 6.37. The molecule has 2 nitrogen and oxygen atoms in total. The summed E-state index contributed by atoms with van der Waals surface area (Å²) < 4.78 is 4.94. The lowest BCUT2D eigenvalue weighted by atomic mass is 9.76. The van der Waals surface area contributed by atoms with Gasteiger partial charge in [0.2, 0.25) is 0 Å². The second kappa shape index (κ2) is 4.83. The minimum atomic E-state index is -1.98. The molecule has 11 heavy (non-hydrogen) atoms. The monoisotopic (exact) mass is 152 g/mol. The maximum Gasteiger partial charge on any atom is 0.138 e. The minimum absolute atomic E-state index is 0.0417. The van der Waals surface area contributed by atoms with E-state index in [2.05, 4.69) is 0 Å². The van der Waals surface area contributed by atoms with E-state index < -0.39 is 5.59 Å². The number of hydrogen-bond donors (Lipinski definition) is 1. The predicted molar refractivity (Wildman–Crippen MR) is 46.5 cm³/mol. The van der Waals surface area contributed by atoms with Gasteiger partial charge in [-0.1, -0.05) is 20.3 Å². The van der Waals surface area contributed by atoms with Crippen molar-refractivity contribution in [2.45, 2.75) is 44.8 Å². The van der Waals surface area contributed by atoms with Crippen LogP contribution in [-0.2, 0) is 4.74 Å². The molecule has 60 valence electrons. The highest BCUT2D eigenvalue weighted by Crippen LogP contribution is 2.10. The molecule has 0 bridgehead atoms. The average molecular weight is 152 g/mol. The number of ether oxygens (including phenoxy) is 1. The van der Waals surface area contributed by atoms with Crippen molar-refractivity contribution in [2.75, 3.05) is 0 Å². The zero-order chi connectivity index (χ0) is 8.91. The van der Waals surface area contributed by atoms with Gasteiger partial charge in [0.15, 0.2) is 0 Å². The quantitative estimate of drug-likeness (QED) is 0.459. The van der Waals surface area contributed by atoms with Crippen molar-refractivity contribution in [3.63, 3.8) is 0 Å². The number of rotatable bonds is 5. The largest absolute Gasteiger partial charge is 0.384 e. The van der Waals surface area contributed by atoms with Crippen LogP contribution in [0.15, 0.2) is 0 Å². The Bertz CT molecular complexity index is 101. The van der Waals surface area contributed by atoms with Crippen LogP contribution in [0.25, 0.3) is 0 Å². The lowest BCUT2D eigenvalue weighted by molar-refractivity contribution is -0.118. The fourth-order valence-electron chi connectivity index (χ4n) is 0.935. The summed E-state index contributed by atoms with van der Waals surface area (Å²) in [7, 11) is 10.1. The van der Waals surface area contributed by atoms with Gasteiger partial charge in [-0.2, -0.15) is 0 Å². The molecule has 0 aromatic carbocycles. The second-order valence-corrected chi connectivity index (χ2v) is 2.69. The van der Waals surface area contributed by atoms with Gasteiger partial charge < -0.3 is 9.84 Å². The molecule has 0 aliphatic heterocycles. The highest BCUT2D eigenvalue weighted by Gasteiger charge is 2.16. The van der Waals surface area contributed by atoms with E-state index in [1.165, 1.54) is 0 Å². The molecule has 0 amide bonds. The molecule has 1 atom stereocenters. The molecule has 1 unspecified atom stereocenters. The molecular weight excluding hydrogens is 138 g/mol. The van der Waals surface area contributed by atoms with Crippen LogP contribution >= 0.6 is 0 Å². The molecule has 0 spiro atoms. The van der Waals surface area contributed by atoms with Gasteiger partial charge >= 0.3 is 0 Å². The molecule has 0 saturated heterocycles. The first-order valence-electron chi connectivity index (χ1n) is 3.97. The van der Waals surface area contributed by atoms with Gasteiger partial charge in [0.25, 0.3) is 0 Å². The van der Waals surface area contributed by atoms with Gasteiger partial charge in [-0.3, -0.25) is 0 Å². The summed E-state index contributed by atoms with van der Waals surface area (Å²) in [5, 5.41) is 8.88. The van der Waals surface area contributed by atoms with Crippen LogP contribution in [0.4, 0.5) is 0 Å². The summed E-state index contributed by atoms with van der Waals surface area (Å²) in [5.41, 5.74) is -1.98. The molecular formula is C7H14B2O2. The number of hydrogen-bond acceptors (Lipinski definition) is 2. The Balaban J connectivity index is 3.68. The lowest BCUT2D eigenvalue weighted by Gasteiger charge is -2.26. The summed E-state index contributed by atoms with van der Waals surface area (Å²) in [6, 6.07) is 0. The molecule has 0 aromatic heterocycles. The maximum absolute atomic E-state index is 8.88. The van der Waals surface area contributed by atoms with Crippen molar-refractivity contribution in [3.8, 4) is 0 Å². The lowest BCUT2D eigenvalue weighted by Crippen LogP contribution is -2.37. The summed E-state index contributed by atoms with van der Waals surface area (Å²) >= 11 is 0. The Kier molecular flexibility index (Phi) is 4.86. The van der Waals surface area contributed by atoms with Crippen molar-refractivity contribution in [3.05, 3.63) is 0 Å². The van der Waals surface area contributed by atoms with E-state index in [9.17, 15) is 0 Å². The fourth-order valence-corrected chi connectivity index (χ4v) is 0.935. The maximum atomic E-state index is 8.88. The van der Waals surface area contributed by atoms with Gasteiger partial charge in [-0.25, -0.2) is 0 Å². The molecule has 4 heteroatoms. The van der Waals surface area contributed by atoms with Crippen LogP contribution in [-0.4, -0.2) is 32.5 Å². The van der Waals surface area contributed by atoms with Gasteiger partial charge in [0.1, 0.15) is 15.7 Å². The van der Waals surface area contributed by atoms with E-state index in [1.807, 2.05) is 13.8 Å². The molecule has 0 heterocycles. The van der Waals surface area contributed by atoms with E-state index >= 15 is 0 Å². The minimum Gasteiger partial charge on any atom is -0.384 e. The van der Waals surface area contributed by atoms with Gasteiger partial charge in [-0.15, -0.1) is 0 Å². The van der Waals surface area contributed by atoms with Gasteiger partial charge in [-0.05, 0) is 12.8 Å². The smallest absolute Gasteiger partial charge is 0.138 e. The highest BCUT2D eigenvalue weighted by atomic mass is 16.6. The molecule has 0 aromatic rings. The van der Waals surface area contributed by atoms with Crippen molar-refractivity contribution in [2.24, 2.45) is 0 Å². The third-order valence-electron chi connectivity index (χ3n) is 1.42. The van der Waals surface area contributed by atoms with Crippen LogP contribution < -0.4 is 0 Å². The fraction of sp³-hybridized carbons (Fsp3) is 1.00. The molecule has 0 aliphatic carbocycles. The van der Waals surface area contributed by atoms with Crippen LogP contribution in [0.1, 0.15) is 33.1 Å². The third-order valence-corrected chi connectivity index (χ3v) is 1.42. The zero-order valence-electron chi connectivity index (χ0n) is 7.21. The number of aliphatic hydroxyl groups is 1. The average Bonchev–Trinajstić information content (AvgIpc) is 1.84. The van der Waals surface area contributed by atoms with Crippen molar-refractivity contribution < 1.29 is 9.84 Å². The summed E-state index contributed by atoms with van der Waals surface area (Å²) in [6.07, 6.45) is 2.63. The van der Waals surface area contributed by atoms with E-state index in [1.54, 1.807) is 0 Å². The van der Waals surface area contributed by atoms with E-state index in [4.69, 9.17) is 25.5 Å². The molecule has 1 N–H and O–H groups in total. The summed E-state index contributed by atoms with van der Waals surface area (Å²) in [4.78, 5) is 0. The summed E-state index contributed by atoms with van der Waals surface area (Å²) in [5.74, 6) is 0. The zero-order valence-corrected chi connectivity index (χ0v) is 7.21. The molecule has 0 aliphatic rings. The first kappa shape index (κ1) is 11.0. The predicted octanol–water partition coefficient (Wildman–Crippen LogP) is 0.522. The van der Waals surface area contributed by atoms with E-state index in [0.29, 0.717) is 0 Å². The molecule has 4 radical (unpaired) electrons. The Morgan fingerprint density at radius 3 is 2.27 bits per heavy atom. The summed E-state index contributed by atoms with van der Waals surface area (Å²) in [6.45, 7) is 4.00. The van der Waals surface area contributed by atoms with Crippen molar-refractivity contribution >= 4 is 15.7 Å². The van der Waals surface area contributed by atoms with Crippen LogP contribution in [0.2, 0.25) is 0 Å². The Morgan fingerprint density at radius 1 is 1.45 bits per heavy atom. The normalized spacial score (nSPS) is 14.8. The SMILES string of the molecule is [B]C([B])(O)OC(CC)CCC. The van der Waals surface area contributed by atoms with Gasteiger partial charge in [0, 0.05) is 0 Å².